The Balaban J connectivity index is 0.00000202. The first-order chi connectivity index (χ1) is 19.6. The monoisotopic (exact) mass is 570 g/mol. The third-order valence-corrected chi connectivity index (χ3v) is 6.23. The molecule has 4 aromatic heterocycles. The van der Waals surface area contributed by atoms with Crippen LogP contribution in [0.25, 0.3) is 44.6 Å². The summed E-state index contributed by atoms with van der Waals surface area (Å²) in [7, 11) is 0. The lowest BCUT2D eigenvalue weighted by molar-refractivity contribution is 0.0636. The van der Waals surface area contributed by atoms with Gasteiger partial charge in [0.15, 0.2) is 10.9 Å². The van der Waals surface area contributed by atoms with Gasteiger partial charge >= 0.3 is 0 Å². The molecule has 11 heteroatoms. The first-order valence-corrected chi connectivity index (χ1v) is 12.4. The van der Waals surface area contributed by atoms with Crippen LogP contribution in [-0.4, -0.2) is 45.3 Å². The molecule has 0 aliphatic rings. The van der Waals surface area contributed by atoms with E-state index in [0.29, 0.717) is 22.7 Å². The van der Waals surface area contributed by atoms with Gasteiger partial charge in [0.05, 0.1) is 0 Å². The molecule has 0 aliphatic carbocycles. The molecule has 6 aromatic rings. The van der Waals surface area contributed by atoms with Crippen LogP contribution in [0, 0.1) is 0 Å². The number of pyridine rings is 2. The van der Waals surface area contributed by atoms with E-state index in [2.05, 4.69) is 9.97 Å². The normalized spacial score (nSPS) is 10.7. The maximum Gasteiger partial charge on any atom is 0.197 e. The van der Waals surface area contributed by atoms with Crippen LogP contribution in [0.5, 0.6) is 11.5 Å². The Morgan fingerprint density at radius 3 is 1.45 bits per heavy atom. The van der Waals surface area contributed by atoms with Crippen LogP contribution in [0.3, 0.4) is 0 Å². The van der Waals surface area contributed by atoms with Gasteiger partial charge in [0, 0.05) is 48.0 Å². The van der Waals surface area contributed by atoms with Crippen molar-refractivity contribution in [2.45, 2.75) is 6.10 Å². The van der Waals surface area contributed by atoms with Gasteiger partial charge in [-0.25, -0.2) is 0 Å². The highest BCUT2D eigenvalue weighted by Crippen LogP contribution is 2.29. The summed E-state index contributed by atoms with van der Waals surface area (Å²) in [6.45, 7) is -0.313. The summed E-state index contributed by atoms with van der Waals surface area (Å²) >= 11 is 0. The van der Waals surface area contributed by atoms with Crippen molar-refractivity contribution in [2.75, 3.05) is 13.2 Å². The van der Waals surface area contributed by atoms with Gasteiger partial charge in [-0.1, -0.05) is 12.1 Å². The summed E-state index contributed by atoms with van der Waals surface area (Å²) in [6.07, 6.45) is 5.41. The summed E-state index contributed by atoms with van der Waals surface area (Å²) in [5, 5.41) is 11.1. The van der Waals surface area contributed by atoms with Gasteiger partial charge in [0.1, 0.15) is 64.3 Å². The van der Waals surface area contributed by atoms with Gasteiger partial charge in [-0.15, -0.1) is 0 Å². The van der Waals surface area contributed by atoms with Gasteiger partial charge < -0.3 is 34.4 Å². The Labute approximate surface area is 237 Å². The van der Waals surface area contributed by atoms with E-state index in [1.54, 1.807) is 85.5 Å². The van der Waals surface area contributed by atoms with Crippen molar-refractivity contribution in [2.24, 2.45) is 0 Å². The van der Waals surface area contributed by atoms with Gasteiger partial charge in [-0.2, -0.15) is 0 Å². The average Bonchev–Trinajstić information content (AvgIpc) is 2.99. The standard InChI is InChI=1S/C31H22N2O7.2H2O/c34-21(17-37-24-3-1-5-26-30(24)22(35)15-28(39-26)19-7-11-32-12-8-19)18-38-25-4-2-6-27-31(25)23(36)16-29(40-27)20-9-13-33-14-10-20;;/h1-16,21,34H,17-18H2;2*1H2. The molecule has 0 radical (unpaired) electrons. The number of rotatable bonds is 8. The van der Waals surface area contributed by atoms with Crippen molar-refractivity contribution in [3.05, 3.63) is 118 Å². The fraction of sp³-hybridized carbons (Fsp3) is 0.0968. The van der Waals surface area contributed by atoms with E-state index in [-0.39, 0.29) is 57.3 Å². The summed E-state index contributed by atoms with van der Waals surface area (Å²) in [5.74, 6) is 1.39. The molecular formula is C31H26N2O9. The van der Waals surface area contributed by atoms with Crippen molar-refractivity contribution in [1.29, 1.82) is 0 Å². The highest BCUT2D eigenvalue weighted by molar-refractivity contribution is 5.85. The van der Waals surface area contributed by atoms with E-state index in [1.165, 1.54) is 12.1 Å². The summed E-state index contributed by atoms with van der Waals surface area (Å²) < 4.78 is 23.4. The van der Waals surface area contributed by atoms with Crippen LogP contribution in [0.4, 0.5) is 0 Å². The fourth-order valence-electron chi connectivity index (χ4n) is 4.33. The minimum Gasteiger partial charge on any atom is -0.490 e. The molecule has 0 saturated carbocycles. The molecule has 0 fully saturated rings. The number of aliphatic hydroxyl groups excluding tert-OH is 1. The number of hydrogen-bond acceptors (Lipinski definition) is 9. The largest absolute Gasteiger partial charge is 0.490 e. The van der Waals surface area contributed by atoms with E-state index in [4.69, 9.17) is 18.3 Å². The maximum absolute atomic E-state index is 12.9. The zero-order valence-corrected chi connectivity index (χ0v) is 22.0. The number of benzene rings is 2. The van der Waals surface area contributed by atoms with Crippen LogP contribution in [0.15, 0.2) is 116 Å². The Morgan fingerprint density at radius 1 is 0.643 bits per heavy atom. The second-order valence-electron chi connectivity index (χ2n) is 8.96. The Morgan fingerprint density at radius 2 is 1.05 bits per heavy atom. The Hall–Kier alpha value is -5.36. The van der Waals surface area contributed by atoms with E-state index >= 15 is 0 Å². The van der Waals surface area contributed by atoms with Crippen LogP contribution in [0.1, 0.15) is 0 Å². The first-order valence-electron chi connectivity index (χ1n) is 12.4. The van der Waals surface area contributed by atoms with Crippen molar-refractivity contribution in [3.63, 3.8) is 0 Å². The van der Waals surface area contributed by atoms with Crippen LogP contribution < -0.4 is 20.3 Å². The fourth-order valence-corrected chi connectivity index (χ4v) is 4.33. The SMILES string of the molecule is O.O.O=c1cc(-c2ccncc2)oc2cccc(OCC(O)COc3cccc4oc(-c5ccncc5)cc(=O)c34)c12. The zero-order valence-electron chi connectivity index (χ0n) is 22.0. The Bertz CT molecular complexity index is 1780. The molecule has 0 saturated heterocycles. The zero-order chi connectivity index (χ0) is 27.5. The van der Waals surface area contributed by atoms with Crippen molar-refractivity contribution >= 4 is 21.9 Å². The molecule has 214 valence electrons. The highest BCUT2D eigenvalue weighted by Gasteiger charge is 2.16. The van der Waals surface area contributed by atoms with Crippen molar-refractivity contribution in [3.8, 4) is 34.1 Å². The maximum atomic E-state index is 12.9. The number of aliphatic hydroxyl groups is 1. The minimum atomic E-state index is -1.06. The minimum absolute atomic E-state index is 0. The molecule has 6 rings (SSSR count). The number of nitrogens with zero attached hydrogens (tertiary/aromatic N) is 2. The average molecular weight is 571 g/mol. The number of hydrogen-bond donors (Lipinski definition) is 1. The molecular weight excluding hydrogens is 544 g/mol. The summed E-state index contributed by atoms with van der Waals surface area (Å²) in [4.78, 5) is 33.8. The van der Waals surface area contributed by atoms with E-state index in [1.807, 2.05) is 0 Å². The van der Waals surface area contributed by atoms with E-state index in [0.717, 1.165) is 11.1 Å². The van der Waals surface area contributed by atoms with Crippen LogP contribution >= 0.6 is 0 Å². The van der Waals surface area contributed by atoms with E-state index in [9.17, 15) is 14.7 Å². The van der Waals surface area contributed by atoms with E-state index < -0.39 is 6.10 Å². The molecule has 0 amide bonds. The predicted molar refractivity (Wildman–Crippen MR) is 156 cm³/mol. The molecule has 2 aromatic carbocycles. The second kappa shape index (κ2) is 12.9. The molecule has 11 nitrogen and oxygen atoms in total. The van der Waals surface area contributed by atoms with Crippen molar-refractivity contribution in [1.82, 2.24) is 9.97 Å². The summed E-state index contributed by atoms with van der Waals surface area (Å²) in [5.41, 5.74) is 1.62. The topological polar surface area (TPSA) is 188 Å². The molecule has 42 heavy (non-hydrogen) atoms. The smallest absolute Gasteiger partial charge is 0.197 e. The molecule has 0 aliphatic heterocycles. The molecule has 0 spiro atoms. The molecule has 0 atom stereocenters. The lowest BCUT2D eigenvalue weighted by Crippen LogP contribution is -2.25. The molecule has 5 N–H and O–H groups in total. The second-order valence-corrected chi connectivity index (χ2v) is 8.96. The van der Waals surface area contributed by atoms with Crippen molar-refractivity contribution < 1.29 is 34.4 Å². The number of ether oxygens (including phenoxy) is 2. The van der Waals surface area contributed by atoms with Gasteiger partial charge in [-0.3, -0.25) is 19.6 Å². The Kier molecular flexibility index (Phi) is 9.08. The quantitative estimate of drug-likeness (QED) is 0.286. The molecule has 4 heterocycles. The van der Waals surface area contributed by atoms with Crippen LogP contribution in [0.2, 0.25) is 0 Å². The predicted octanol–water partition coefficient (Wildman–Crippen LogP) is 3.19. The molecule has 0 bridgehead atoms. The summed E-state index contributed by atoms with van der Waals surface area (Å²) in [6, 6.07) is 19.8. The number of fused-ring (bicyclic) bond motifs is 2. The van der Waals surface area contributed by atoms with Gasteiger partial charge in [0.25, 0.3) is 0 Å². The van der Waals surface area contributed by atoms with Crippen LogP contribution in [-0.2, 0) is 0 Å². The number of aromatic nitrogens is 2. The lowest BCUT2D eigenvalue weighted by atomic mass is 10.1. The first kappa shape index (κ1) is 29.6. The van der Waals surface area contributed by atoms with Gasteiger partial charge in [-0.05, 0) is 48.5 Å². The molecule has 0 unspecified atom stereocenters. The third kappa shape index (κ3) is 6.03. The lowest BCUT2D eigenvalue weighted by Gasteiger charge is -2.15. The highest BCUT2D eigenvalue weighted by atomic mass is 16.5. The third-order valence-electron chi connectivity index (χ3n) is 6.23. The van der Waals surface area contributed by atoms with Gasteiger partial charge in [0.2, 0.25) is 0 Å².